The van der Waals surface area contributed by atoms with Gasteiger partial charge in [0.25, 0.3) is 0 Å². The second-order valence-electron chi connectivity index (χ2n) is 5.26. The number of amides is 1. The molecule has 0 aliphatic rings. The molecule has 2 aromatic carbocycles. The lowest BCUT2D eigenvalue weighted by atomic mass is 10.2. The van der Waals surface area contributed by atoms with Gasteiger partial charge in [0.1, 0.15) is 0 Å². The lowest BCUT2D eigenvalue weighted by Crippen LogP contribution is -2.16. The standard InChI is InChI=1S/C18H19BrN2O3/c1-12-10-15(6-7-16(12)19)21-17(22)8-9-20-14-5-3-4-13(11-14)18(23)24-2/h3-7,10-11,20H,8-9H2,1-2H3,(H,21,22). The summed E-state index contributed by atoms with van der Waals surface area (Å²) in [5, 5.41) is 5.99. The first-order valence-electron chi connectivity index (χ1n) is 7.48. The van der Waals surface area contributed by atoms with Gasteiger partial charge in [0.2, 0.25) is 5.91 Å². The van der Waals surface area contributed by atoms with Gasteiger partial charge in [-0.3, -0.25) is 4.79 Å². The Balaban J connectivity index is 1.84. The van der Waals surface area contributed by atoms with Gasteiger partial charge in [0.15, 0.2) is 0 Å². The highest BCUT2D eigenvalue weighted by Gasteiger charge is 2.07. The normalized spacial score (nSPS) is 10.1. The summed E-state index contributed by atoms with van der Waals surface area (Å²) in [6.45, 7) is 2.43. The Morgan fingerprint density at radius 1 is 1.12 bits per heavy atom. The summed E-state index contributed by atoms with van der Waals surface area (Å²) in [6, 6.07) is 12.6. The first-order chi connectivity index (χ1) is 11.5. The van der Waals surface area contributed by atoms with Crippen molar-refractivity contribution in [3.8, 4) is 0 Å². The Morgan fingerprint density at radius 3 is 2.62 bits per heavy atom. The van der Waals surface area contributed by atoms with E-state index in [2.05, 4.69) is 31.3 Å². The lowest BCUT2D eigenvalue weighted by molar-refractivity contribution is -0.115. The molecular weight excluding hydrogens is 372 g/mol. The SMILES string of the molecule is COC(=O)c1cccc(NCCC(=O)Nc2ccc(Br)c(C)c2)c1. The largest absolute Gasteiger partial charge is 0.465 e. The van der Waals surface area contributed by atoms with Gasteiger partial charge in [-0.25, -0.2) is 4.79 Å². The van der Waals surface area contributed by atoms with E-state index in [0.717, 1.165) is 21.4 Å². The van der Waals surface area contributed by atoms with E-state index in [9.17, 15) is 9.59 Å². The third-order valence-electron chi connectivity index (χ3n) is 3.41. The summed E-state index contributed by atoms with van der Waals surface area (Å²) in [5.41, 5.74) is 3.07. The summed E-state index contributed by atoms with van der Waals surface area (Å²) in [6.07, 6.45) is 0.317. The summed E-state index contributed by atoms with van der Waals surface area (Å²) < 4.78 is 5.69. The van der Waals surface area contributed by atoms with Crippen LogP contribution in [0.2, 0.25) is 0 Å². The molecule has 0 unspecified atom stereocenters. The molecule has 0 aromatic heterocycles. The maximum absolute atomic E-state index is 12.0. The smallest absolute Gasteiger partial charge is 0.337 e. The van der Waals surface area contributed by atoms with Crippen LogP contribution < -0.4 is 10.6 Å². The topological polar surface area (TPSA) is 67.4 Å². The van der Waals surface area contributed by atoms with Crippen molar-refractivity contribution in [3.63, 3.8) is 0 Å². The number of ether oxygens (including phenoxy) is 1. The average molecular weight is 391 g/mol. The molecule has 0 aliphatic heterocycles. The molecule has 2 rings (SSSR count). The molecule has 0 spiro atoms. The number of nitrogens with one attached hydrogen (secondary N) is 2. The summed E-state index contributed by atoms with van der Waals surface area (Å²) in [4.78, 5) is 23.5. The molecule has 126 valence electrons. The maximum Gasteiger partial charge on any atom is 0.337 e. The Morgan fingerprint density at radius 2 is 1.92 bits per heavy atom. The van der Waals surface area contributed by atoms with E-state index in [-0.39, 0.29) is 11.9 Å². The molecule has 1 amide bonds. The Bertz CT molecular complexity index is 747. The number of hydrogen-bond acceptors (Lipinski definition) is 4. The Kier molecular flexibility index (Phi) is 6.37. The van der Waals surface area contributed by atoms with Crippen LogP contribution in [0.1, 0.15) is 22.3 Å². The predicted octanol–water partition coefficient (Wildman–Crippen LogP) is 3.98. The highest BCUT2D eigenvalue weighted by atomic mass is 79.9. The van der Waals surface area contributed by atoms with Crippen molar-refractivity contribution in [3.05, 3.63) is 58.1 Å². The number of esters is 1. The van der Waals surface area contributed by atoms with E-state index in [1.54, 1.807) is 18.2 Å². The number of anilines is 2. The lowest BCUT2D eigenvalue weighted by Gasteiger charge is -2.09. The van der Waals surface area contributed by atoms with E-state index in [0.29, 0.717) is 18.5 Å². The minimum Gasteiger partial charge on any atom is -0.465 e. The highest BCUT2D eigenvalue weighted by Crippen LogP contribution is 2.20. The average Bonchev–Trinajstić information content (AvgIpc) is 2.57. The molecule has 2 aromatic rings. The zero-order chi connectivity index (χ0) is 17.5. The number of hydrogen-bond donors (Lipinski definition) is 2. The van der Waals surface area contributed by atoms with Crippen LogP contribution in [0.3, 0.4) is 0 Å². The maximum atomic E-state index is 12.0. The van der Waals surface area contributed by atoms with E-state index in [1.165, 1.54) is 7.11 Å². The van der Waals surface area contributed by atoms with Gasteiger partial charge in [-0.2, -0.15) is 0 Å². The van der Waals surface area contributed by atoms with Crippen LogP contribution in [0.15, 0.2) is 46.9 Å². The van der Waals surface area contributed by atoms with Crippen molar-refractivity contribution in [2.45, 2.75) is 13.3 Å². The van der Waals surface area contributed by atoms with Crippen LogP contribution in [0, 0.1) is 6.92 Å². The van der Waals surface area contributed by atoms with Crippen LogP contribution in [0.25, 0.3) is 0 Å². The number of carbonyl (C=O) groups excluding carboxylic acids is 2. The first-order valence-corrected chi connectivity index (χ1v) is 8.27. The fourth-order valence-electron chi connectivity index (χ4n) is 2.14. The van der Waals surface area contributed by atoms with E-state index in [4.69, 9.17) is 0 Å². The first kappa shape index (κ1) is 18.0. The zero-order valence-corrected chi connectivity index (χ0v) is 15.1. The quantitative estimate of drug-likeness (QED) is 0.731. The summed E-state index contributed by atoms with van der Waals surface area (Å²) >= 11 is 3.43. The molecule has 0 heterocycles. The molecular formula is C18H19BrN2O3. The van der Waals surface area contributed by atoms with Crippen molar-refractivity contribution in [2.24, 2.45) is 0 Å². The fraction of sp³-hybridized carbons (Fsp3) is 0.222. The highest BCUT2D eigenvalue weighted by molar-refractivity contribution is 9.10. The third-order valence-corrected chi connectivity index (χ3v) is 4.30. The van der Waals surface area contributed by atoms with Gasteiger partial charge < -0.3 is 15.4 Å². The predicted molar refractivity (Wildman–Crippen MR) is 98.4 cm³/mol. The summed E-state index contributed by atoms with van der Waals surface area (Å²) in [7, 11) is 1.34. The fourth-order valence-corrected chi connectivity index (χ4v) is 2.39. The van der Waals surface area contributed by atoms with Gasteiger partial charge in [-0.05, 0) is 48.9 Å². The second-order valence-corrected chi connectivity index (χ2v) is 6.12. The van der Waals surface area contributed by atoms with Crippen LogP contribution in [-0.2, 0) is 9.53 Å². The number of carbonyl (C=O) groups is 2. The van der Waals surface area contributed by atoms with Gasteiger partial charge in [0.05, 0.1) is 12.7 Å². The molecule has 0 saturated heterocycles. The van der Waals surface area contributed by atoms with Gasteiger partial charge in [-0.15, -0.1) is 0 Å². The Hall–Kier alpha value is -2.34. The van der Waals surface area contributed by atoms with Crippen LogP contribution in [-0.4, -0.2) is 25.5 Å². The van der Waals surface area contributed by atoms with Gasteiger partial charge in [-0.1, -0.05) is 22.0 Å². The van der Waals surface area contributed by atoms with Crippen molar-refractivity contribution >= 4 is 39.2 Å². The van der Waals surface area contributed by atoms with E-state index in [1.807, 2.05) is 31.2 Å². The second kappa shape index (κ2) is 8.49. The molecule has 0 aliphatic carbocycles. The monoisotopic (exact) mass is 390 g/mol. The van der Waals surface area contributed by atoms with Crippen LogP contribution in [0.5, 0.6) is 0 Å². The third kappa shape index (κ3) is 5.09. The number of halogens is 1. The number of rotatable bonds is 6. The van der Waals surface area contributed by atoms with Crippen molar-refractivity contribution in [2.75, 3.05) is 24.3 Å². The molecule has 0 radical (unpaired) electrons. The number of benzene rings is 2. The molecule has 0 bridgehead atoms. The Labute approximate surface area is 149 Å². The molecule has 0 saturated carbocycles. The van der Waals surface area contributed by atoms with Crippen LogP contribution in [0.4, 0.5) is 11.4 Å². The number of aryl methyl sites for hydroxylation is 1. The molecule has 0 fully saturated rings. The van der Waals surface area contributed by atoms with Crippen molar-refractivity contribution in [1.29, 1.82) is 0 Å². The molecule has 2 N–H and O–H groups in total. The zero-order valence-electron chi connectivity index (χ0n) is 13.6. The molecule has 24 heavy (non-hydrogen) atoms. The molecule has 5 nitrogen and oxygen atoms in total. The summed E-state index contributed by atoms with van der Waals surface area (Å²) in [5.74, 6) is -0.463. The van der Waals surface area contributed by atoms with Crippen LogP contribution >= 0.6 is 15.9 Å². The number of methoxy groups -OCH3 is 1. The van der Waals surface area contributed by atoms with Crippen molar-refractivity contribution in [1.82, 2.24) is 0 Å². The van der Waals surface area contributed by atoms with E-state index < -0.39 is 0 Å². The van der Waals surface area contributed by atoms with E-state index >= 15 is 0 Å². The molecule has 6 heteroatoms. The van der Waals surface area contributed by atoms with Gasteiger partial charge in [0, 0.05) is 28.8 Å². The minimum atomic E-state index is -0.387. The minimum absolute atomic E-state index is 0.0756. The van der Waals surface area contributed by atoms with Gasteiger partial charge >= 0.3 is 5.97 Å². The van der Waals surface area contributed by atoms with Crippen molar-refractivity contribution < 1.29 is 14.3 Å². The molecule has 0 atom stereocenters.